The van der Waals surface area contributed by atoms with Gasteiger partial charge < -0.3 is 0 Å². The monoisotopic (exact) mass is 286 g/mol. The van der Waals surface area contributed by atoms with E-state index in [1.54, 1.807) is 19.3 Å². The molecule has 0 aromatic heterocycles. The standard InChI is InChI=1S/C19H28.C2H6/c1-11-4-2-3-5-14-15(8-11)17-10-16(14)18-12-6-7-13(9-12)19(17)18;1-2/h6-7,11-19H,2-5,8-10H2,1H3;1-2H3. The summed E-state index contributed by atoms with van der Waals surface area (Å²) in [5, 5.41) is 0. The average molecular weight is 287 g/mol. The minimum absolute atomic E-state index is 1.01. The molecule has 0 aromatic rings. The quantitative estimate of drug-likeness (QED) is 0.382. The van der Waals surface area contributed by atoms with E-state index in [-0.39, 0.29) is 0 Å². The van der Waals surface area contributed by atoms with Gasteiger partial charge in [-0.2, -0.15) is 0 Å². The lowest BCUT2D eigenvalue weighted by atomic mass is 9.61. The van der Waals surface area contributed by atoms with Gasteiger partial charge in [0.2, 0.25) is 0 Å². The molecule has 0 aliphatic heterocycles. The van der Waals surface area contributed by atoms with Crippen LogP contribution in [0.15, 0.2) is 12.2 Å². The van der Waals surface area contributed by atoms with Crippen LogP contribution in [0.2, 0.25) is 0 Å². The zero-order valence-corrected chi connectivity index (χ0v) is 14.3. The third-order valence-electron chi connectivity index (χ3n) is 7.92. The van der Waals surface area contributed by atoms with E-state index in [2.05, 4.69) is 19.1 Å². The summed E-state index contributed by atoms with van der Waals surface area (Å²) in [7, 11) is 0. The number of hydrogen-bond donors (Lipinski definition) is 0. The first kappa shape index (κ1) is 14.3. The lowest BCUT2D eigenvalue weighted by Gasteiger charge is -2.44. The zero-order valence-electron chi connectivity index (χ0n) is 14.3. The normalized spacial score (nSPS) is 56.2. The maximum absolute atomic E-state index is 2.61. The van der Waals surface area contributed by atoms with Gasteiger partial charge in [0.1, 0.15) is 0 Å². The Hall–Kier alpha value is -0.260. The molecule has 0 saturated heterocycles. The lowest BCUT2D eigenvalue weighted by Crippen LogP contribution is -2.38. The zero-order chi connectivity index (χ0) is 14.6. The van der Waals surface area contributed by atoms with Crippen molar-refractivity contribution < 1.29 is 0 Å². The molecule has 5 rings (SSSR count). The van der Waals surface area contributed by atoms with Crippen molar-refractivity contribution in [3.8, 4) is 0 Å². The van der Waals surface area contributed by atoms with Crippen LogP contribution in [0.5, 0.6) is 0 Å². The summed E-state index contributed by atoms with van der Waals surface area (Å²) in [6.07, 6.45) is 16.1. The van der Waals surface area contributed by atoms with Crippen molar-refractivity contribution in [3.05, 3.63) is 12.2 Å². The highest BCUT2D eigenvalue weighted by molar-refractivity contribution is 5.21. The Balaban J connectivity index is 0.000000555. The second-order valence-electron chi connectivity index (χ2n) is 8.62. The van der Waals surface area contributed by atoms with Crippen LogP contribution in [0.25, 0.3) is 0 Å². The molecule has 4 fully saturated rings. The second-order valence-corrected chi connectivity index (χ2v) is 8.62. The number of fused-ring (bicyclic) bond motifs is 12. The Bertz CT molecular complexity index is 408. The fourth-order valence-corrected chi connectivity index (χ4v) is 7.52. The maximum atomic E-state index is 2.61. The molecule has 0 amide bonds. The van der Waals surface area contributed by atoms with Crippen LogP contribution in [0.4, 0.5) is 0 Å². The molecule has 5 aliphatic carbocycles. The summed E-state index contributed by atoms with van der Waals surface area (Å²) in [4.78, 5) is 0. The van der Waals surface area contributed by atoms with E-state index >= 15 is 0 Å². The third kappa shape index (κ3) is 2.00. The van der Waals surface area contributed by atoms with Crippen molar-refractivity contribution in [1.29, 1.82) is 0 Å². The maximum Gasteiger partial charge on any atom is -0.0194 e. The Morgan fingerprint density at radius 3 is 2.00 bits per heavy atom. The smallest absolute Gasteiger partial charge is 0.0194 e. The van der Waals surface area contributed by atoms with E-state index in [0.29, 0.717) is 0 Å². The van der Waals surface area contributed by atoms with Crippen molar-refractivity contribution >= 4 is 0 Å². The van der Waals surface area contributed by atoms with Gasteiger partial charge in [0.25, 0.3) is 0 Å². The van der Waals surface area contributed by atoms with Gasteiger partial charge in [0.05, 0.1) is 0 Å². The number of hydrogen-bond acceptors (Lipinski definition) is 0. The first-order chi connectivity index (χ1) is 10.3. The molecule has 0 spiro atoms. The van der Waals surface area contributed by atoms with Crippen LogP contribution in [0, 0.1) is 53.3 Å². The van der Waals surface area contributed by atoms with Gasteiger partial charge >= 0.3 is 0 Å². The highest BCUT2D eigenvalue weighted by atomic mass is 14.7. The summed E-state index contributed by atoms with van der Waals surface area (Å²) in [6.45, 7) is 6.53. The molecule has 9 unspecified atom stereocenters. The predicted molar refractivity (Wildman–Crippen MR) is 89.9 cm³/mol. The van der Waals surface area contributed by atoms with Gasteiger partial charge in [-0.25, -0.2) is 0 Å². The molecule has 0 heteroatoms. The SMILES string of the molecule is CC.CC1CCCCC2C(C1)C1CC2C2C3C=CC(C3)C12. The highest BCUT2D eigenvalue weighted by Gasteiger charge is 2.63. The van der Waals surface area contributed by atoms with Gasteiger partial charge in [0.15, 0.2) is 0 Å². The molecule has 0 nitrogen and oxygen atoms in total. The molecule has 21 heavy (non-hydrogen) atoms. The van der Waals surface area contributed by atoms with Crippen molar-refractivity contribution in [1.82, 2.24) is 0 Å². The van der Waals surface area contributed by atoms with E-state index in [1.807, 2.05) is 13.8 Å². The fraction of sp³-hybridized carbons (Fsp3) is 0.905. The van der Waals surface area contributed by atoms with Gasteiger partial charge in [-0.15, -0.1) is 0 Å². The molecular weight excluding hydrogens is 252 g/mol. The number of allylic oxidation sites excluding steroid dienone is 2. The molecule has 4 saturated carbocycles. The third-order valence-corrected chi connectivity index (χ3v) is 7.92. The molecule has 0 radical (unpaired) electrons. The molecule has 0 N–H and O–H groups in total. The summed E-state index contributed by atoms with van der Waals surface area (Å²) in [5.74, 6) is 9.85. The Labute approximate surface area is 131 Å². The summed E-state index contributed by atoms with van der Waals surface area (Å²) < 4.78 is 0. The predicted octanol–water partition coefficient (Wildman–Crippen LogP) is 5.93. The van der Waals surface area contributed by atoms with Crippen LogP contribution < -0.4 is 0 Å². The highest BCUT2D eigenvalue weighted by Crippen LogP contribution is 2.70. The molecule has 4 bridgehead atoms. The first-order valence-corrected chi connectivity index (χ1v) is 10.0. The molecule has 5 aliphatic rings. The Morgan fingerprint density at radius 2 is 1.29 bits per heavy atom. The van der Waals surface area contributed by atoms with Crippen molar-refractivity contribution in [2.24, 2.45) is 53.3 Å². The average Bonchev–Trinajstić information content (AvgIpc) is 3.21. The molecule has 0 heterocycles. The van der Waals surface area contributed by atoms with Crippen LogP contribution in [-0.4, -0.2) is 0 Å². The second kappa shape index (κ2) is 5.43. The lowest BCUT2D eigenvalue weighted by molar-refractivity contribution is 0.0593. The van der Waals surface area contributed by atoms with E-state index < -0.39 is 0 Å². The van der Waals surface area contributed by atoms with E-state index in [1.165, 1.54) is 25.7 Å². The van der Waals surface area contributed by atoms with Crippen LogP contribution in [-0.2, 0) is 0 Å². The molecule has 118 valence electrons. The summed E-state index contributed by atoms with van der Waals surface area (Å²) in [5.41, 5.74) is 0. The summed E-state index contributed by atoms with van der Waals surface area (Å²) >= 11 is 0. The van der Waals surface area contributed by atoms with Gasteiger partial charge in [-0.3, -0.25) is 0 Å². The fourth-order valence-electron chi connectivity index (χ4n) is 7.52. The molecule has 0 aromatic carbocycles. The van der Waals surface area contributed by atoms with E-state index in [9.17, 15) is 0 Å². The largest absolute Gasteiger partial charge is 0.0848 e. The minimum atomic E-state index is 1.01. The van der Waals surface area contributed by atoms with E-state index in [0.717, 1.165) is 53.3 Å². The van der Waals surface area contributed by atoms with E-state index in [4.69, 9.17) is 0 Å². The van der Waals surface area contributed by atoms with Crippen molar-refractivity contribution in [2.45, 2.75) is 65.7 Å². The van der Waals surface area contributed by atoms with Gasteiger partial charge in [-0.1, -0.05) is 52.2 Å². The topological polar surface area (TPSA) is 0 Å². The molecular formula is C21H34. The van der Waals surface area contributed by atoms with Gasteiger partial charge in [-0.05, 0) is 78.9 Å². The van der Waals surface area contributed by atoms with Crippen molar-refractivity contribution in [2.75, 3.05) is 0 Å². The van der Waals surface area contributed by atoms with Crippen LogP contribution in [0.3, 0.4) is 0 Å². The Morgan fingerprint density at radius 1 is 0.667 bits per heavy atom. The Kier molecular flexibility index (Phi) is 3.71. The van der Waals surface area contributed by atoms with Crippen molar-refractivity contribution in [3.63, 3.8) is 0 Å². The minimum Gasteiger partial charge on any atom is -0.0848 e. The number of rotatable bonds is 0. The van der Waals surface area contributed by atoms with Gasteiger partial charge in [0, 0.05) is 0 Å². The van der Waals surface area contributed by atoms with Crippen LogP contribution >= 0.6 is 0 Å². The molecule has 9 atom stereocenters. The first-order valence-electron chi connectivity index (χ1n) is 10.0. The van der Waals surface area contributed by atoms with Crippen LogP contribution in [0.1, 0.15) is 65.7 Å². The summed E-state index contributed by atoms with van der Waals surface area (Å²) in [6, 6.07) is 0.